The van der Waals surface area contributed by atoms with Gasteiger partial charge in [-0.15, -0.1) is 0 Å². The topological polar surface area (TPSA) is 117 Å². The molecule has 0 aliphatic heterocycles. The van der Waals surface area contributed by atoms with E-state index in [0.717, 1.165) is 0 Å². The van der Waals surface area contributed by atoms with Gasteiger partial charge in [0.05, 0.1) is 4.90 Å². The normalized spacial score (nSPS) is 10.8. The highest BCUT2D eigenvalue weighted by atomic mass is 35.5. The quantitative estimate of drug-likeness (QED) is 0.538. The van der Waals surface area contributed by atoms with Gasteiger partial charge in [-0.3, -0.25) is 30.1 Å². The van der Waals surface area contributed by atoms with E-state index in [4.69, 9.17) is 11.6 Å². The molecule has 0 aliphatic carbocycles. The molecule has 0 atom stereocenters. The van der Waals surface area contributed by atoms with E-state index in [0.29, 0.717) is 10.7 Å². The molecular weight excluding hydrogens is 416 g/mol. The number of carbonyl (C=O) groups excluding carboxylic acids is 2. The van der Waals surface area contributed by atoms with E-state index in [2.05, 4.69) is 20.6 Å². The Hall–Kier alpha value is -3.43. The lowest BCUT2D eigenvalue weighted by Gasteiger charge is -2.10. The van der Waals surface area contributed by atoms with Crippen molar-refractivity contribution in [1.82, 2.24) is 15.8 Å². The van der Waals surface area contributed by atoms with Crippen molar-refractivity contribution in [2.24, 2.45) is 0 Å². The molecule has 1 heterocycles. The number of aromatic nitrogens is 1. The maximum atomic E-state index is 12.6. The highest BCUT2D eigenvalue weighted by molar-refractivity contribution is 7.92. The van der Waals surface area contributed by atoms with E-state index < -0.39 is 21.8 Å². The minimum absolute atomic E-state index is 0.0466. The third-order valence-corrected chi connectivity index (χ3v) is 5.32. The van der Waals surface area contributed by atoms with Gasteiger partial charge >= 0.3 is 0 Å². The first kappa shape index (κ1) is 20.3. The van der Waals surface area contributed by atoms with Gasteiger partial charge in [-0.05, 0) is 54.6 Å². The number of halogens is 1. The molecule has 2 amide bonds. The Bertz CT molecular complexity index is 1140. The van der Waals surface area contributed by atoms with Crippen LogP contribution >= 0.6 is 11.6 Å². The molecule has 0 aliphatic rings. The number of sulfonamides is 1. The van der Waals surface area contributed by atoms with Gasteiger partial charge in [-0.25, -0.2) is 8.42 Å². The average molecular weight is 431 g/mol. The van der Waals surface area contributed by atoms with Gasteiger partial charge in [0.2, 0.25) is 0 Å². The van der Waals surface area contributed by atoms with Crippen LogP contribution in [-0.2, 0) is 10.0 Å². The number of rotatable bonds is 5. The van der Waals surface area contributed by atoms with Gasteiger partial charge in [0.25, 0.3) is 21.8 Å². The summed E-state index contributed by atoms with van der Waals surface area (Å²) in [5.41, 5.74) is 4.94. The van der Waals surface area contributed by atoms with Crippen molar-refractivity contribution in [2.75, 3.05) is 4.72 Å². The highest BCUT2D eigenvalue weighted by Gasteiger charge is 2.17. The zero-order valence-corrected chi connectivity index (χ0v) is 16.4. The molecule has 0 unspecified atom stereocenters. The SMILES string of the molecule is O=C(NNC(=O)c1ccccn1)c1cccc(S(=O)(=O)Nc2ccc(Cl)cc2)c1. The van der Waals surface area contributed by atoms with Crippen molar-refractivity contribution in [3.63, 3.8) is 0 Å². The van der Waals surface area contributed by atoms with Gasteiger partial charge in [0, 0.05) is 22.5 Å². The molecule has 3 rings (SSSR count). The highest BCUT2D eigenvalue weighted by Crippen LogP contribution is 2.19. The van der Waals surface area contributed by atoms with Crippen molar-refractivity contribution in [3.05, 3.63) is 89.2 Å². The fourth-order valence-corrected chi connectivity index (χ4v) is 3.51. The van der Waals surface area contributed by atoms with Crippen molar-refractivity contribution >= 4 is 39.1 Å². The summed E-state index contributed by atoms with van der Waals surface area (Å²) in [6.45, 7) is 0. The summed E-state index contributed by atoms with van der Waals surface area (Å²) in [4.78, 5) is 28.0. The molecule has 0 bridgehead atoms. The Morgan fingerprint density at radius 1 is 0.862 bits per heavy atom. The summed E-state index contributed by atoms with van der Waals surface area (Å²) in [5.74, 6) is -1.29. The number of anilines is 1. The first-order valence-electron chi connectivity index (χ1n) is 8.25. The summed E-state index contributed by atoms with van der Waals surface area (Å²) in [7, 11) is -3.93. The van der Waals surface area contributed by atoms with Crippen LogP contribution in [0, 0.1) is 0 Å². The molecule has 29 heavy (non-hydrogen) atoms. The number of pyridine rings is 1. The Balaban J connectivity index is 1.70. The van der Waals surface area contributed by atoms with E-state index in [1.54, 1.807) is 24.3 Å². The zero-order chi connectivity index (χ0) is 20.9. The summed E-state index contributed by atoms with van der Waals surface area (Å²) in [5, 5.41) is 0.472. The van der Waals surface area contributed by atoms with Crippen LogP contribution in [0.5, 0.6) is 0 Å². The smallest absolute Gasteiger partial charge is 0.280 e. The van der Waals surface area contributed by atoms with Crippen molar-refractivity contribution < 1.29 is 18.0 Å². The average Bonchev–Trinajstić information content (AvgIpc) is 2.74. The summed E-state index contributed by atoms with van der Waals surface area (Å²) < 4.78 is 27.5. The molecule has 10 heteroatoms. The lowest BCUT2D eigenvalue weighted by Crippen LogP contribution is -2.42. The number of amides is 2. The third-order valence-electron chi connectivity index (χ3n) is 3.69. The summed E-state index contributed by atoms with van der Waals surface area (Å²) in [6.07, 6.45) is 1.44. The van der Waals surface area contributed by atoms with Gasteiger partial charge in [-0.2, -0.15) is 0 Å². The molecular formula is C19H15ClN4O4S. The number of hydrazine groups is 1. The number of nitrogens with zero attached hydrogens (tertiary/aromatic N) is 1. The van der Waals surface area contributed by atoms with E-state index >= 15 is 0 Å². The number of hydrogen-bond acceptors (Lipinski definition) is 5. The molecule has 148 valence electrons. The molecule has 2 aromatic carbocycles. The predicted molar refractivity (Wildman–Crippen MR) is 108 cm³/mol. The molecule has 0 fully saturated rings. The Labute approximate surface area is 172 Å². The number of hydrogen-bond donors (Lipinski definition) is 3. The van der Waals surface area contributed by atoms with Crippen LogP contribution in [0.3, 0.4) is 0 Å². The van der Waals surface area contributed by atoms with Crippen LogP contribution < -0.4 is 15.6 Å². The van der Waals surface area contributed by atoms with Gasteiger partial charge in [-0.1, -0.05) is 23.7 Å². The van der Waals surface area contributed by atoms with Crippen molar-refractivity contribution in [2.45, 2.75) is 4.90 Å². The molecule has 0 radical (unpaired) electrons. The van der Waals surface area contributed by atoms with Gasteiger partial charge in [0.15, 0.2) is 0 Å². The van der Waals surface area contributed by atoms with Crippen LogP contribution in [0.1, 0.15) is 20.8 Å². The van der Waals surface area contributed by atoms with Gasteiger partial charge < -0.3 is 0 Å². The third kappa shape index (κ3) is 5.31. The van der Waals surface area contributed by atoms with E-state index in [9.17, 15) is 18.0 Å². The van der Waals surface area contributed by atoms with Crippen molar-refractivity contribution in [1.29, 1.82) is 0 Å². The van der Waals surface area contributed by atoms with Crippen LogP contribution in [0.4, 0.5) is 5.69 Å². The molecule has 0 saturated carbocycles. The van der Waals surface area contributed by atoms with Crippen LogP contribution in [0.15, 0.2) is 77.8 Å². The lowest BCUT2D eigenvalue weighted by atomic mass is 10.2. The Morgan fingerprint density at radius 2 is 1.59 bits per heavy atom. The molecule has 3 aromatic rings. The van der Waals surface area contributed by atoms with E-state index in [-0.39, 0.29) is 16.2 Å². The number of benzene rings is 2. The first-order chi connectivity index (χ1) is 13.8. The second-order valence-corrected chi connectivity index (χ2v) is 7.88. The number of carbonyl (C=O) groups is 2. The molecule has 0 saturated heterocycles. The lowest BCUT2D eigenvalue weighted by molar-refractivity contribution is 0.0844. The first-order valence-corrected chi connectivity index (χ1v) is 10.1. The maximum absolute atomic E-state index is 12.6. The molecule has 3 N–H and O–H groups in total. The predicted octanol–water partition coefficient (Wildman–Crippen LogP) is 2.61. The largest absolute Gasteiger partial charge is 0.288 e. The minimum Gasteiger partial charge on any atom is -0.280 e. The fraction of sp³-hybridized carbons (Fsp3) is 0. The van der Waals surface area contributed by atoms with Crippen LogP contribution in [0.2, 0.25) is 5.02 Å². The molecule has 8 nitrogen and oxygen atoms in total. The van der Waals surface area contributed by atoms with Gasteiger partial charge in [0.1, 0.15) is 5.69 Å². The zero-order valence-electron chi connectivity index (χ0n) is 14.8. The minimum atomic E-state index is -3.93. The fourth-order valence-electron chi connectivity index (χ4n) is 2.28. The maximum Gasteiger partial charge on any atom is 0.288 e. The van der Waals surface area contributed by atoms with E-state index in [1.807, 2.05) is 0 Å². The van der Waals surface area contributed by atoms with Crippen LogP contribution in [-0.4, -0.2) is 25.2 Å². The number of nitrogens with one attached hydrogen (secondary N) is 3. The molecule has 1 aromatic heterocycles. The van der Waals surface area contributed by atoms with Crippen LogP contribution in [0.25, 0.3) is 0 Å². The Kier molecular flexibility index (Phi) is 6.10. The standard InChI is InChI=1S/C19H15ClN4O4S/c20-14-7-9-15(10-8-14)24-29(27,28)16-5-3-4-13(12-16)18(25)22-23-19(26)17-6-1-2-11-21-17/h1-12,24H,(H,22,25)(H,23,26). The monoisotopic (exact) mass is 430 g/mol. The van der Waals surface area contributed by atoms with Crippen molar-refractivity contribution in [3.8, 4) is 0 Å². The summed E-state index contributed by atoms with van der Waals surface area (Å²) in [6, 6.07) is 16.3. The second kappa shape index (κ2) is 8.72. The second-order valence-electron chi connectivity index (χ2n) is 5.76. The Morgan fingerprint density at radius 3 is 2.28 bits per heavy atom. The molecule has 0 spiro atoms. The van der Waals surface area contributed by atoms with E-state index in [1.165, 1.54) is 48.7 Å². The summed E-state index contributed by atoms with van der Waals surface area (Å²) >= 11 is 5.79.